The molecule has 4 nitrogen and oxygen atoms in total. The first-order chi connectivity index (χ1) is 8.19. The zero-order chi connectivity index (χ0) is 12.3. The highest BCUT2D eigenvalue weighted by atomic mass is 35.5. The minimum atomic E-state index is -0.572. The van der Waals surface area contributed by atoms with E-state index in [1.54, 1.807) is 12.3 Å². The second-order valence-electron chi connectivity index (χ2n) is 4.19. The summed E-state index contributed by atoms with van der Waals surface area (Å²) in [6, 6.07) is 3.57. The topological polar surface area (TPSA) is 51.2 Å². The minimum absolute atomic E-state index is 0.192. The largest absolute Gasteiger partial charge is 0.468 e. The number of pyridine rings is 1. The second kappa shape index (κ2) is 5.02. The molecule has 0 bridgehead atoms. The fourth-order valence-corrected chi connectivity index (χ4v) is 2.43. The van der Waals surface area contributed by atoms with E-state index >= 15 is 0 Å². The van der Waals surface area contributed by atoms with Crippen LogP contribution in [0.5, 0.6) is 0 Å². The molecular formula is C12H15ClN2O2. The Kier molecular flexibility index (Phi) is 3.64. The van der Waals surface area contributed by atoms with E-state index in [1.807, 2.05) is 6.07 Å². The predicted octanol–water partition coefficient (Wildman–Crippen LogP) is 1.53. The van der Waals surface area contributed by atoms with E-state index < -0.39 is 5.41 Å². The van der Waals surface area contributed by atoms with Crippen LogP contribution in [0.25, 0.3) is 0 Å². The van der Waals surface area contributed by atoms with Crippen LogP contribution < -0.4 is 5.32 Å². The molecule has 0 radical (unpaired) electrons. The van der Waals surface area contributed by atoms with Crippen LogP contribution in [0.2, 0.25) is 5.15 Å². The molecule has 0 spiro atoms. The molecule has 0 aliphatic carbocycles. The van der Waals surface area contributed by atoms with E-state index in [1.165, 1.54) is 7.11 Å². The van der Waals surface area contributed by atoms with Gasteiger partial charge in [-0.2, -0.15) is 0 Å². The first kappa shape index (κ1) is 12.3. The molecule has 1 aliphatic rings. The molecule has 0 unspecified atom stereocenters. The SMILES string of the molecule is COC(=O)C1(c2ccc(Cl)nc2)CCNCC1. The molecule has 92 valence electrons. The van der Waals surface area contributed by atoms with Crippen LogP contribution in [0.15, 0.2) is 18.3 Å². The van der Waals surface area contributed by atoms with Crippen LogP contribution in [0, 0.1) is 0 Å². The van der Waals surface area contributed by atoms with Gasteiger partial charge in [-0.1, -0.05) is 17.7 Å². The molecular weight excluding hydrogens is 240 g/mol. The highest BCUT2D eigenvalue weighted by molar-refractivity contribution is 6.29. The Labute approximate surface area is 105 Å². The van der Waals surface area contributed by atoms with Gasteiger partial charge >= 0.3 is 5.97 Å². The van der Waals surface area contributed by atoms with Crippen molar-refractivity contribution < 1.29 is 9.53 Å². The lowest BCUT2D eigenvalue weighted by atomic mass is 9.74. The molecule has 0 aromatic carbocycles. The number of nitrogens with one attached hydrogen (secondary N) is 1. The van der Waals surface area contributed by atoms with E-state index in [0.717, 1.165) is 31.5 Å². The Morgan fingerprint density at radius 2 is 2.18 bits per heavy atom. The van der Waals surface area contributed by atoms with Gasteiger partial charge in [0.15, 0.2) is 0 Å². The third-order valence-corrected chi connectivity index (χ3v) is 3.54. The maximum absolute atomic E-state index is 12.1. The molecule has 0 atom stereocenters. The van der Waals surface area contributed by atoms with Gasteiger partial charge in [-0.25, -0.2) is 4.98 Å². The molecule has 1 N–H and O–H groups in total. The number of hydrogen-bond acceptors (Lipinski definition) is 4. The average molecular weight is 255 g/mol. The van der Waals surface area contributed by atoms with Crippen molar-refractivity contribution in [2.75, 3.05) is 20.2 Å². The quantitative estimate of drug-likeness (QED) is 0.642. The van der Waals surface area contributed by atoms with Crippen molar-refractivity contribution in [1.29, 1.82) is 0 Å². The minimum Gasteiger partial charge on any atom is -0.468 e. The lowest BCUT2D eigenvalue weighted by Gasteiger charge is -2.35. The van der Waals surface area contributed by atoms with Gasteiger partial charge in [-0.3, -0.25) is 4.79 Å². The number of carbonyl (C=O) groups excluding carboxylic acids is 1. The van der Waals surface area contributed by atoms with Crippen molar-refractivity contribution in [3.8, 4) is 0 Å². The molecule has 1 aromatic heterocycles. The number of esters is 1. The van der Waals surface area contributed by atoms with E-state index in [-0.39, 0.29) is 5.97 Å². The summed E-state index contributed by atoms with van der Waals surface area (Å²) in [6.45, 7) is 1.61. The second-order valence-corrected chi connectivity index (χ2v) is 4.58. The third kappa shape index (κ3) is 2.28. The van der Waals surface area contributed by atoms with Crippen molar-refractivity contribution in [2.24, 2.45) is 0 Å². The van der Waals surface area contributed by atoms with Crippen molar-refractivity contribution in [2.45, 2.75) is 18.3 Å². The Bertz CT molecular complexity index is 399. The Morgan fingerprint density at radius 3 is 2.71 bits per heavy atom. The van der Waals surface area contributed by atoms with Crippen LogP contribution in [0.3, 0.4) is 0 Å². The maximum Gasteiger partial charge on any atom is 0.316 e. The van der Waals surface area contributed by atoms with E-state index in [9.17, 15) is 4.79 Å². The molecule has 0 saturated carbocycles. The number of methoxy groups -OCH3 is 1. The number of hydrogen-bond donors (Lipinski definition) is 1. The fraction of sp³-hybridized carbons (Fsp3) is 0.500. The first-order valence-electron chi connectivity index (χ1n) is 5.60. The molecule has 0 amide bonds. The van der Waals surface area contributed by atoms with Crippen LogP contribution in [-0.4, -0.2) is 31.2 Å². The summed E-state index contributed by atoms with van der Waals surface area (Å²) in [6.07, 6.45) is 3.12. The van der Waals surface area contributed by atoms with Crippen molar-refractivity contribution >= 4 is 17.6 Å². The normalized spacial score (nSPS) is 18.7. The van der Waals surface area contributed by atoms with Crippen molar-refractivity contribution in [1.82, 2.24) is 10.3 Å². The zero-order valence-electron chi connectivity index (χ0n) is 9.70. The average Bonchev–Trinajstić information content (AvgIpc) is 2.39. The Morgan fingerprint density at radius 1 is 1.47 bits per heavy atom. The molecule has 1 aromatic rings. The van der Waals surface area contributed by atoms with Gasteiger partial charge in [-0.05, 0) is 37.6 Å². The standard InChI is InChI=1S/C12H15ClN2O2/c1-17-11(16)12(4-6-14-7-5-12)9-2-3-10(13)15-8-9/h2-3,8,14H,4-7H2,1H3. The summed E-state index contributed by atoms with van der Waals surface area (Å²) in [5.74, 6) is -0.192. The first-order valence-corrected chi connectivity index (χ1v) is 5.98. The third-order valence-electron chi connectivity index (χ3n) is 3.31. The summed E-state index contributed by atoms with van der Waals surface area (Å²) < 4.78 is 4.95. The molecule has 1 saturated heterocycles. The monoisotopic (exact) mass is 254 g/mol. The zero-order valence-corrected chi connectivity index (χ0v) is 10.5. The van der Waals surface area contributed by atoms with Gasteiger partial charge in [-0.15, -0.1) is 0 Å². The number of rotatable bonds is 2. The smallest absolute Gasteiger partial charge is 0.316 e. The highest BCUT2D eigenvalue weighted by Gasteiger charge is 2.42. The molecule has 2 rings (SSSR count). The van der Waals surface area contributed by atoms with Crippen LogP contribution in [0.4, 0.5) is 0 Å². The molecule has 2 heterocycles. The molecule has 17 heavy (non-hydrogen) atoms. The summed E-state index contributed by atoms with van der Waals surface area (Å²) in [7, 11) is 1.43. The van der Waals surface area contributed by atoms with E-state index in [4.69, 9.17) is 16.3 Å². The molecule has 5 heteroatoms. The van der Waals surface area contributed by atoms with Gasteiger partial charge in [0, 0.05) is 6.20 Å². The lowest BCUT2D eigenvalue weighted by Crippen LogP contribution is -2.46. The molecule has 1 fully saturated rings. The fourth-order valence-electron chi connectivity index (χ4n) is 2.32. The number of piperidine rings is 1. The van der Waals surface area contributed by atoms with Crippen LogP contribution >= 0.6 is 11.6 Å². The highest BCUT2D eigenvalue weighted by Crippen LogP contribution is 2.34. The number of halogens is 1. The Hall–Kier alpha value is -1.13. The Balaban J connectivity index is 2.38. The number of aromatic nitrogens is 1. The summed E-state index contributed by atoms with van der Waals surface area (Å²) in [5.41, 5.74) is 0.313. The number of nitrogens with zero attached hydrogens (tertiary/aromatic N) is 1. The van der Waals surface area contributed by atoms with Gasteiger partial charge in [0.2, 0.25) is 0 Å². The van der Waals surface area contributed by atoms with Gasteiger partial charge < -0.3 is 10.1 Å². The summed E-state index contributed by atoms with van der Waals surface area (Å²) in [5, 5.41) is 3.68. The van der Waals surface area contributed by atoms with Gasteiger partial charge in [0.05, 0.1) is 12.5 Å². The predicted molar refractivity (Wildman–Crippen MR) is 65.0 cm³/mol. The maximum atomic E-state index is 12.1. The summed E-state index contributed by atoms with van der Waals surface area (Å²) in [4.78, 5) is 16.1. The van der Waals surface area contributed by atoms with Gasteiger partial charge in [0.25, 0.3) is 0 Å². The number of carbonyl (C=O) groups is 1. The van der Waals surface area contributed by atoms with Crippen molar-refractivity contribution in [3.05, 3.63) is 29.0 Å². The lowest BCUT2D eigenvalue weighted by molar-refractivity contribution is -0.148. The number of ether oxygens (including phenoxy) is 1. The van der Waals surface area contributed by atoms with E-state index in [0.29, 0.717) is 5.15 Å². The summed E-state index contributed by atoms with van der Waals surface area (Å²) >= 11 is 5.77. The van der Waals surface area contributed by atoms with Crippen LogP contribution in [-0.2, 0) is 14.9 Å². The molecule has 1 aliphatic heterocycles. The van der Waals surface area contributed by atoms with E-state index in [2.05, 4.69) is 10.3 Å². The van der Waals surface area contributed by atoms with Crippen LogP contribution in [0.1, 0.15) is 18.4 Å². The van der Waals surface area contributed by atoms with Crippen molar-refractivity contribution in [3.63, 3.8) is 0 Å². The van der Waals surface area contributed by atoms with Gasteiger partial charge in [0.1, 0.15) is 5.15 Å².